The Bertz CT molecular complexity index is 390. The van der Waals surface area contributed by atoms with Crippen molar-refractivity contribution in [1.29, 1.82) is 0 Å². The van der Waals surface area contributed by atoms with Crippen LogP contribution in [0.5, 0.6) is 0 Å². The summed E-state index contributed by atoms with van der Waals surface area (Å²) in [6, 6.07) is -0.0458. The lowest BCUT2D eigenvalue weighted by atomic mass is 10.0. The van der Waals surface area contributed by atoms with Gasteiger partial charge in [-0.05, 0) is 19.4 Å². The second-order valence-corrected chi connectivity index (χ2v) is 7.59. The molecule has 110 valence electrons. The van der Waals surface area contributed by atoms with Crippen LogP contribution in [0.25, 0.3) is 0 Å². The van der Waals surface area contributed by atoms with Crippen LogP contribution in [0.15, 0.2) is 0 Å². The van der Waals surface area contributed by atoms with Crippen molar-refractivity contribution < 1.29 is 13.2 Å². The van der Waals surface area contributed by atoms with Crippen molar-refractivity contribution in [2.24, 2.45) is 0 Å². The molecule has 2 N–H and O–H groups in total. The lowest BCUT2D eigenvalue weighted by molar-refractivity contribution is -0.123. The molecule has 0 spiro atoms. The second kappa shape index (κ2) is 6.67. The molecule has 2 heterocycles. The lowest BCUT2D eigenvalue weighted by Crippen LogP contribution is -2.49. The number of nitrogens with one attached hydrogen (secondary N) is 2. The van der Waals surface area contributed by atoms with E-state index in [9.17, 15) is 13.2 Å². The predicted octanol–water partition coefficient (Wildman–Crippen LogP) is -1.02. The summed E-state index contributed by atoms with van der Waals surface area (Å²) in [5.74, 6) is 0.556. The van der Waals surface area contributed by atoms with Crippen LogP contribution in [0, 0.1) is 0 Å². The minimum Gasteiger partial charge on any atom is -0.353 e. The molecule has 0 saturated carbocycles. The van der Waals surface area contributed by atoms with Gasteiger partial charge in [-0.2, -0.15) is 0 Å². The van der Waals surface area contributed by atoms with Gasteiger partial charge in [0, 0.05) is 26.2 Å². The molecule has 1 amide bonds. The molecule has 0 aromatic carbocycles. The van der Waals surface area contributed by atoms with Gasteiger partial charge in [-0.3, -0.25) is 9.69 Å². The Morgan fingerprint density at radius 1 is 1.26 bits per heavy atom. The van der Waals surface area contributed by atoms with Crippen LogP contribution in [-0.4, -0.2) is 69.5 Å². The third-order valence-electron chi connectivity index (χ3n) is 3.79. The molecule has 0 aliphatic carbocycles. The zero-order chi connectivity index (χ0) is 13.7. The van der Waals surface area contributed by atoms with E-state index in [0.717, 1.165) is 32.4 Å². The van der Waals surface area contributed by atoms with Gasteiger partial charge < -0.3 is 10.6 Å². The number of hydrogen-bond donors (Lipinski definition) is 2. The van der Waals surface area contributed by atoms with Crippen molar-refractivity contribution >= 4 is 15.7 Å². The van der Waals surface area contributed by atoms with Gasteiger partial charge in [-0.25, -0.2) is 8.42 Å². The lowest BCUT2D eigenvalue weighted by Gasteiger charge is -2.27. The number of piperidine rings is 1. The zero-order valence-corrected chi connectivity index (χ0v) is 12.0. The van der Waals surface area contributed by atoms with E-state index in [4.69, 9.17) is 0 Å². The Morgan fingerprint density at radius 2 is 2.00 bits per heavy atom. The number of sulfone groups is 1. The normalized spacial score (nSPS) is 27.9. The summed E-state index contributed by atoms with van der Waals surface area (Å²) in [4.78, 5) is 13.9. The molecule has 0 bridgehead atoms. The molecule has 2 aliphatic rings. The maximum atomic E-state index is 11.9. The van der Waals surface area contributed by atoms with Gasteiger partial charge in [0.25, 0.3) is 0 Å². The topological polar surface area (TPSA) is 78.5 Å². The molecule has 2 aliphatic heterocycles. The minimum atomic E-state index is -2.81. The first-order chi connectivity index (χ1) is 9.07. The first-order valence-electron chi connectivity index (χ1n) is 7.01. The fourth-order valence-electron chi connectivity index (χ4n) is 2.51. The van der Waals surface area contributed by atoms with Crippen LogP contribution in [0.2, 0.25) is 0 Å². The summed E-state index contributed by atoms with van der Waals surface area (Å²) in [6.45, 7) is 3.41. The average molecular weight is 289 g/mol. The van der Waals surface area contributed by atoms with Crippen LogP contribution in [0.1, 0.15) is 19.3 Å². The fourth-order valence-corrected chi connectivity index (χ4v) is 3.79. The van der Waals surface area contributed by atoms with Crippen LogP contribution in [0.4, 0.5) is 0 Å². The van der Waals surface area contributed by atoms with E-state index in [1.165, 1.54) is 0 Å². The van der Waals surface area contributed by atoms with Crippen molar-refractivity contribution in [1.82, 2.24) is 15.5 Å². The molecule has 0 aromatic rings. The Labute approximate surface area is 114 Å². The Hall–Kier alpha value is -0.660. The Kier molecular flexibility index (Phi) is 5.18. The van der Waals surface area contributed by atoms with Crippen LogP contribution >= 0.6 is 0 Å². The number of amides is 1. The highest BCUT2D eigenvalue weighted by Gasteiger charge is 2.22. The highest BCUT2D eigenvalue weighted by Crippen LogP contribution is 2.07. The zero-order valence-electron chi connectivity index (χ0n) is 11.2. The summed E-state index contributed by atoms with van der Waals surface area (Å²) in [6.07, 6.45) is 3.16. The molecule has 6 nitrogen and oxygen atoms in total. The molecule has 7 heteroatoms. The highest BCUT2D eigenvalue weighted by atomic mass is 32.2. The number of carbonyl (C=O) groups is 1. The molecular weight excluding hydrogens is 266 g/mol. The molecule has 2 saturated heterocycles. The van der Waals surface area contributed by atoms with Crippen molar-refractivity contribution in [3.63, 3.8) is 0 Å². The van der Waals surface area contributed by atoms with Crippen molar-refractivity contribution in [2.75, 3.05) is 44.2 Å². The molecule has 19 heavy (non-hydrogen) atoms. The summed E-state index contributed by atoms with van der Waals surface area (Å²) in [5.41, 5.74) is 0. The molecule has 0 radical (unpaired) electrons. The molecule has 2 fully saturated rings. The summed E-state index contributed by atoms with van der Waals surface area (Å²) in [7, 11) is -2.81. The first kappa shape index (κ1) is 14.7. The Balaban J connectivity index is 1.62. The summed E-state index contributed by atoms with van der Waals surface area (Å²) in [5, 5.41) is 6.14. The van der Waals surface area contributed by atoms with Crippen LogP contribution in [0.3, 0.4) is 0 Å². The summed E-state index contributed by atoms with van der Waals surface area (Å²) < 4.78 is 22.6. The van der Waals surface area contributed by atoms with E-state index < -0.39 is 9.84 Å². The van der Waals surface area contributed by atoms with Gasteiger partial charge in [0.2, 0.25) is 5.91 Å². The number of hydrogen-bond acceptors (Lipinski definition) is 5. The maximum Gasteiger partial charge on any atom is 0.237 e. The Morgan fingerprint density at radius 3 is 2.63 bits per heavy atom. The maximum absolute atomic E-state index is 11.9. The van der Waals surface area contributed by atoms with Gasteiger partial charge in [0.1, 0.15) is 0 Å². The number of rotatable bonds is 4. The van der Waals surface area contributed by atoms with E-state index >= 15 is 0 Å². The SMILES string of the molecule is O=C(NCCN1CCS(=O)(=O)CC1)[C@H]1CCCCN1. The van der Waals surface area contributed by atoms with Crippen molar-refractivity contribution in [3.05, 3.63) is 0 Å². The second-order valence-electron chi connectivity index (χ2n) is 5.29. The van der Waals surface area contributed by atoms with Gasteiger partial charge in [-0.1, -0.05) is 6.42 Å². The van der Waals surface area contributed by atoms with Crippen molar-refractivity contribution in [3.8, 4) is 0 Å². The van der Waals surface area contributed by atoms with Gasteiger partial charge in [0.15, 0.2) is 9.84 Å². The third kappa shape index (κ3) is 4.74. The first-order valence-corrected chi connectivity index (χ1v) is 8.83. The smallest absolute Gasteiger partial charge is 0.237 e. The standard InChI is InChI=1S/C12H23N3O3S/c16-12(11-3-1-2-4-13-11)14-5-6-15-7-9-19(17,18)10-8-15/h11,13H,1-10H2,(H,14,16)/t11-/m1/s1. The van der Waals surface area contributed by atoms with Gasteiger partial charge >= 0.3 is 0 Å². The molecule has 0 aromatic heterocycles. The van der Waals surface area contributed by atoms with Crippen molar-refractivity contribution in [2.45, 2.75) is 25.3 Å². The van der Waals surface area contributed by atoms with Crippen LogP contribution in [-0.2, 0) is 14.6 Å². The predicted molar refractivity (Wildman–Crippen MR) is 73.7 cm³/mol. The largest absolute Gasteiger partial charge is 0.353 e. The molecule has 1 atom stereocenters. The van der Waals surface area contributed by atoms with E-state index in [0.29, 0.717) is 19.6 Å². The van der Waals surface area contributed by atoms with Gasteiger partial charge in [0.05, 0.1) is 17.5 Å². The number of nitrogens with zero attached hydrogens (tertiary/aromatic N) is 1. The van der Waals surface area contributed by atoms with E-state index in [-0.39, 0.29) is 23.5 Å². The fraction of sp³-hybridized carbons (Fsp3) is 0.917. The molecule has 0 unspecified atom stereocenters. The third-order valence-corrected chi connectivity index (χ3v) is 5.40. The number of carbonyl (C=O) groups excluding carboxylic acids is 1. The van der Waals surface area contributed by atoms with Crippen LogP contribution < -0.4 is 10.6 Å². The summed E-state index contributed by atoms with van der Waals surface area (Å²) >= 11 is 0. The molecule has 2 rings (SSSR count). The molecular formula is C12H23N3O3S. The van der Waals surface area contributed by atoms with E-state index in [1.807, 2.05) is 0 Å². The minimum absolute atomic E-state index is 0.0458. The van der Waals surface area contributed by atoms with Gasteiger partial charge in [-0.15, -0.1) is 0 Å². The monoisotopic (exact) mass is 289 g/mol. The quantitative estimate of drug-likeness (QED) is 0.692. The van der Waals surface area contributed by atoms with E-state index in [1.54, 1.807) is 0 Å². The average Bonchev–Trinajstić information content (AvgIpc) is 2.41. The van der Waals surface area contributed by atoms with E-state index in [2.05, 4.69) is 15.5 Å². The highest BCUT2D eigenvalue weighted by molar-refractivity contribution is 7.91.